The molecular formula is C18H33IN4O2. The van der Waals surface area contributed by atoms with E-state index in [0.717, 1.165) is 37.9 Å². The number of hydrogen-bond acceptors (Lipinski definition) is 4. The third-order valence-corrected chi connectivity index (χ3v) is 4.28. The maximum absolute atomic E-state index is 5.85. The largest absolute Gasteiger partial charge is 0.467 e. The molecule has 0 radical (unpaired) electrons. The minimum Gasteiger partial charge on any atom is -0.467 e. The number of aliphatic imine (C=N–C) groups is 1. The standard InChI is InChI=1S/C18H32N4O2.HI/c1-6-19-17(20-10-16-8-7-9-23-16)21-13-18(4,5)22-11-14(2)24-15(3)12-22;/h7-9,14-15H,6,10-13H2,1-5H3,(H2,19,20,21);1H. The summed E-state index contributed by atoms with van der Waals surface area (Å²) in [6.45, 7) is 15.0. The van der Waals surface area contributed by atoms with E-state index >= 15 is 0 Å². The maximum Gasteiger partial charge on any atom is 0.191 e. The van der Waals surface area contributed by atoms with Crippen molar-refractivity contribution in [2.75, 3.05) is 26.2 Å². The number of morpholine rings is 1. The molecule has 1 aromatic rings. The maximum atomic E-state index is 5.85. The lowest BCUT2D eigenvalue weighted by Gasteiger charge is -2.45. The van der Waals surface area contributed by atoms with Crippen molar-refractivity contribution in [1.29, 1.82) is 0 Å². The Labute approximate surface area is 168 Å². The van der Waals surface area contributed by atoms with Crippen LogP contribution < -0.4 is 10.6 Å². The zero-order valence-electron chi connectivity index (χ0n) is 16.0. The molecule has 1 fully saturated rings. The number of rotatable bonds is 6. The fourth-order valence-corrected chi connectivity index (χ4v) is 2.99. The van der Waals surface area contributed by atoms with Crippen molar-refractivity contribution >= 4 is 29.9 Å². The predicted octanol–water partition coefficient (Wildman–Crippen LogP) is 2.84. The normalized spacial score (nSPS) is 22.4. The van der Waals surface area contributed by atoms with Gasteiger partial charge in [0, 0.05) is 31.7 Å². The van der Waals surface area contributed by atoms with Crippen LogP contribution in [0.25, 0.3) is 0 Å². The first-order chi connectivity index (χ1) is 11.4. The molecule has 2 N–H and O–H groups in total. The van der Waals surface area contributed by atoms with Crippen LogP contribution >= 0.6 is 24.0 Å². The lowest BCUT2D eigenvalue weighted by atomic mass is 10.00. The summed E-state index contributed by atoms with van der Waals surface area (Å²) in [5.41, 5.74) is 0.0210. The first-order valence-corrected chi connectivity index (χ1v) is 8.85. The highest BCUT2D eigenvalue weighted by molar-refractivity contribution is 14.0. The first kappa shape index (κ1) is 22.2. The van der Waals surface area contributed by atoms with Gasteiger partial charge in [-0.05, 0) is 46.8 Å². The van der Waals surface area contributed by atoms with Crippen molar-refractivity contribution in [3.8, 4) is 0 Å². The molecule has 0 aliphatic carbocycles. The van der Waals surface area contributed by atoms with Gasteiger partial charge in [-0.15, -0.1) is 24.0 Å². The van der Waals surface area contributed by atoms with Crippen LogP contribution in [0.3, 0.4) is 0 Å². The molecule has 0 amide bonds. The van der Waals surface area contributed by atoms with Crippen LogP contribution in [-0.4, -0.2) is 54.8 Å². The van der Waals surface area contributed by atoms with Crippen molar-refractivity contribution in [3.05, 3.63) is 24.2 Å². The minimum absolute atomic E-state index is 0. The summed E-state index contributed by atoms with van der Waals surface area (Å²) in [6.07, 6.45) is 2.22. The number of halogens is 1. The van der Waals surface area contributed by atoms with Crippen molar-refractivity contribution in [2.45, 2.75) is 58.9 Å². The Morgan fingerprint density at radius 1 is 1.28 bits per heavy atom. The zero-order chi connectivity index (χ0) is 17.6. The van der Waals surface area contributed by atoms with E-state index in [1.54, 1.807) is 6.26 Å². The quantitative estimate of drug-likeness (QED) is 0.385. The van der Waals surface area contributed by atoms with Gasteiger partial charge in [0.05, 0.1) is 18.5 Å². The molecule has 144 valence electrons. The molecule has 2 rings (SSSR count). The van der Waals surface area contributed by atoms with Crippen molar-refractivity contribution in [3.63, 3.8) is 0 Å². The molecule has 0 aromatic carbocycles. The lowest BCUT2D eigenvalue weighted by molar-refractivity contribution is -0.0946. The highest BCUT2D eigenvalue weighted by atomic mass is 127. The Bertz CT molecular complexity index is 509. The van der Waals surface area contributed by atoms with Crippen molar-refractivity contribution in [2.24, 2.45) is 4.99 Å². The van der Waals surface area contributed by atoms with Gasteiger partial charge in [0.25, 0.3) is 0 Å². The van der Waals surface area contributed by atoms with Gasteiger partial charge in [-0.1, -0.05) is 0 Å². The Morgan fingerprint density at radius 3 is 2.52 bits per heavy atom. The van der Waals surface area contributed by atoms with E-state index in [1.807, 2.05) is 12.1 Å². The van der Waals surface area contributed by atoms with Crippen molar-refractivity contribution in [1.82, 2.24) is 15.5 Å². The monoisotopic (exact) mass is 464 g/mol. The summed E-state index contributed by atoms with van der Waals surface area (Å²) in [5.74, 6) is 1.68. The fourth-order valence-electron chi connectivity index (χ4n) is 2.99. The van der Waals surface area contributed by atoms with Crippen LogP contribution in [0.1, 0.15) is 40.4 Å². The number of guanidine groups is 1. The SMILES string of the molecule is CCNC(=NCc1ccco1)NCC(C)(C)N1CC(C)OC(C)C1.I. The van der Waals surface area contributed by atoms with Gasteiger partial charge in [0.2, 0.25) is 0 Å². The molecule has 7 heteroatoms. The van der Waals surface area contributed by atoms with Crippen LogP contribution in [0, 0.1) is 0 Å². The number of nitrogens with one attached hydrogen (secondary N) is 2. The summed E-state index contributed by atoms with van der Waals surface area (Å²) in [7, 11) is 0. The topological polar surface area (TPSA) is 62.0 Å². The molecule has 0 saturated carbocycles. The molecule has 1 aromatic heterocycles. The van der Waals surface area contributed by atoms with Crippen LogP contribution in [0.4, 0.5) is 0 Å². The highest BCUT2D eigenvalue weighted by Crippen LogP contribution is 2.20. The molecule has 25 heavy (non-hydrogen) atoms. The second-order valence-electron chi connectivity index (χ2n) is 7.10. The van der Waals surface area contributed by atoms with E-state index in [2.05, 4.69) is 55.1 Å². The molecule has 1 aliphatic heterocycles. The van der Waals surface area contributed by atoms with Gasteiger partial charge >= 0.3 is 0 Å². The number of furan rings is 1. The van der Waals surface area contributed by atoms with Crippen molar-refractivity contribution < 1.29 is 9.15 Å². The number of nitrogens with zero attached hydrogens (tertiary/aromatic N) is 2. The van der Waals surface area contributed by atoms with Crippen LogP contribution in [-0.2, 0) is 11.3 Å². The molecule has 6 nitrogen and oxygen atoms in total. The summed E-state index contributed by atoms with van der Waals surface area (Å²) >= 11 is 0. The first-order valence-electron chi connectivity index (χ1n) is 8.85. The van der Waals surface area contributed by atoms with Gasteiger partial charge in [-0.2, -0.15) is 0 Å². The van der Waals surface area contributed by atoms with E-state index < -0.39 is 0 Å². The molecule has 2 unspecified atom stereocenters. The summed E-state index contributed by atoms with van der Waals surface area (Å²) < 4.78 is 11.2. The number of ether oxygens (including phenoxy) is 1. The van der Waals surface area contributed by atoms with E-state index in [-0.39, 0.29) is 41.7 Å². The third kappa shape index (κ3) is 7.15. The molecule has 0 bridgehead atoms. The average molecular weight is 464 g/mol. The summed E-state index contributed by atoms with van der Waals surface area (Å²) in [5, 5.41) is 6.76. The van der Waals surface area contributed by atoms with Crippen LogP contribution in [0.2, 0.25) is 0 Å². The third-order valence-electron chi connectivity index (χ3n) is 4.28. The van der Waals surface area contributed by atoms with E-state index in [9.17, 15) is 0 Å². The smallest absolute Gasteiger partial charge is 0.191 e. The van der Waals surface area contributed by atoms with Gasteiger partial charge in [-0.25, -0.2) is 4.99 Å². The second-order valence-corrected chi connectivity index (χ2v) is 7.10. The zero-order valence-corrected chi connectivity index (χ0v) is 18.4. The van der Waals surface area contributed by atoms with E-state index in [1.165, 1.54) is 0 Å². The molecule has 2 atom stereocenters. The Hall–Kier alpha value is -0.800. The summed E-state index contributed by atoms with van der Waals surface area (Å²) in [6, 6.07) is 3.82. The van der Waals surface area contributed by atoms with Gasteiger partial charge in [0.15, 0.2) is 5.96 Å². The second kappa shape index (κ2) is 10.4. The van der Waals surface area contributed by atoms with E-state index in [4.69, 9.17) is 9.15 Å². The average Bonchev–Trinajstić information content (AvgIpc) is 3.02. The van der Waals surface area contributed by atoms with Gasteiger partial charge < -0.3 is 19.8 Å². The number of hydrogen-bond donors (Lipinski definition) is 2. The highest BCUT2D eigenvalue weighted by Gasteiger charge is 2.33. The molecule has 1 aliphatic rings. The molecule has 0 spiro atoms. The lowest BCUT2D eigenvalue weighted by Crippen LogP contribution is -2.59. The van der Waals surface area contributed by atoms with Crippen LogP contribution in [0.15, 0.2) is 27.8 Å². The van der Waals surface area contributed by atoms with Gasteiger partial charge in [-0.3, -0.25) is 4.90 Å². The predicted molar refractivity (Wildman–Crippen MR) is 113 cm³/mol. The Morgan fingerprint density at radius 2 is 1.96 bits per heavy atom. The summed E-state index contributed by atoms with van der Waals surface area (Å²) in [4.78, 5) is 7.09. The molecular weight excluding hydrogens is 431 g/mol. The molecule has 1 saturated heterocycles. The minimum atomic E-state index is 0. The van der Waals surface area contributed by atoms with Crippen LogP contribution in [0.5, 0.6) is 0 Å². The Balaban J connectivity index is 0.00000312. The Kier molecular flexibility index (Phi) is 9.23. The molecule has 2 heterocycles. The van der Waals surface area contributed by atoms with E-state index in [0.29, 0.717) is 6.54 Å². The fraction of sp³-hybridized carbons (Fsp3) is 0.722. The van der Waals surface area contributed by atoms with Gasteiger partial charge in [0.1, 0.15) is 12.3 Å².